The molecule has 0 saturated carbocycles. The molecule has 0 aliphatic carbocycles. The minimum atomic E-state index is -0.502. The van der Waals surface area contributed by atoms with Gasteiger partial charge in [0.05, 0.1) is 36.6 Å². The monoisotopic (exact) mass is 415 g/mol. The molecular formula is C20H21N3O5S. The van der Waals surface area contributed by atoms with E-state index in [2.05, 4.69) is 15.8 Å². The van der Waals surface area contributed by atoms with Gasteiger partial charge < -0.3 is 14.2 Å². The zero-order valence-electron chi connectivity index (χ0n) is 16.3. The lowest BCUT2D eigenvalue weighted by Gasteiger charge is -2.14. The molecule has 0 unspecified atom stereocenters. The van der Waals surface area contributed by atoms with Crippen molar-refractivity contribution in [3.8, 4) is 17.2 Å². The molecule has 0 saturated heterocycles. The third-order valence-corrected chi connectivity index (χ3v) is 5.24. The zero-order valence-corrected chi connectivity index (χ0v) is 17.1. The number of methoxy groups -OCH3 is 3. The number of benzene rings is 2. The highest BCUT2D eigenvalue weighted by molar-refractivity contribution is 7.18. The summed E-state index contributed by atoms with van der Waals surface area (Å²) < 4.78 is 16.8. The quantitative estimate of drug-likeness (QED) is 0.576. The lowest BCUT2D eigenvalue weighted by atomic mass is 10.1. The second-order valence-electron chi connectivity index (χ2n) is 5.99. The van der Waals surface area contributed by atoms with Crippen molar-refractivity contribution < 1.29 is 23.8 Å². The Morgan fingerprint density at radius 3 is 2.31 bits per heavy atom. The number of rotatable bonds is 7. The van der Waals surface area contributed by atoms with E-state index in [1.807, 2.05) is 24.3 Å². The third-order valence-electron chi connectivity index (χ3n) is 4.15. The molecular weight excluding hydrogens is 394 g/mol. The number of nitrogens with zero attached hydrogens (tertiary/aromatic N) is 1. The van der Waals surface area contributed by atoms with Gasteiger partial charge in [-0.25, -0.2) is 4.98 Å². The topological polar surface area (TPSA) is 98.8 Å². The van der Waals surface area contributed by atoms with Crippen LogP contribution in [0, 0.1) is 0 Å². The maximum absolute atomic E-state index is 12.4. The summed E-state index contributed by atoms with van der Waals surface area (Å²) in [6, 6.07) is 10.8. The summed E-state index contributed by atoms with van der Waals surface area (Å²) in [7, 11) is 4.40. The van der Waals surface area contributed by atoms with Crippen LogP contribution in [0.25, 0.3) is 10.2 Å². The van der Waals surface area contributed by atoms with Crippen LogP contribution in [0.15, 0.2) is 36.4 Å². The SMILES string of the molecule is COc1cc(C(=O)NNC(=O)CCc2nc3ccccc3s2)cc(OC)c1OC. The van der Waals surface area contributed by atoms with Crippen molar-refractivity contribution in [3.63, 3.8) is 0 Å². The number of amides is 2. The van der Waals surface area contributed by atoms with E-state index in [1.54, 1.807) is 11.3 Å². The minimum Gasteiger partial charge on any atom is -0.493 e. The van der Waals surface area contributed by atoms with E-state index in [4.69, 9.17) is 14.2 Å². The second-order valence-corrected chi connectivity index (χ2v) is 7.11. The van der Waals surface area contributed by atoms with Crippen molar-refractivity contribution in [2.75, 3.05) is 21.3 Å². The van der Waals surface area contributed by atoms with Crippen molar-refractivity contribution in [1.82, 2.24) is 15.8 Å². The first kappa shape index (κ1) is 20.4. The number of hydrogen-bond donors (Lipinski definition) is 2. The van der Waals surface area contributed by atoms with Crippen LogP contribution >= 0.6 is 11.3 Å². The predicted molar refractivity (Wildman–Crippen MR) is 110 cm³/mol. The molecule has 1 aromatic heterocycles. The number of aryl methyl sites for hydroxylation is 1. The number of hydrazine groups is 1. The van der Waals surface area contributed by atoms with E-state index in [1.165, 1.54) is 33.5 Å². The molecule has 0 radical (unpaired) electrons. The van der Waals surface area contributed by atoms with Crippen LogP contribution in [0.2, 0.25) is 0 Å². The van der Waals surface area contributed by atoms with E-state index in [0.717, 1.165) is 15.2 Å². The summed E-state index contributed by atoms with van der Waals surface area (Å²) >= 11 is 1.55. The Morgan fingerprint density at radius 2 is 1.69 bits per heavy atom. The number of hydrogen-bond acceptors (Lipinski definition) is 7. The number of aromatic nitrogens is 1. The third kappa shape index (κ3) is 4.75. The van der Waals surface area contributed by atoms with Crippen LogP contribution in [0.3, 0.4) is 0 Å². The molecule has 2 aromatic carbocycles. The first-order valence-corrected chi connectivity index (χ1v) is 9.61. The molecule has 9 heteroatoms. The van der Waals surface area contributed by atoms with Crippen molar-refractivity contribution in [3.05, 3.63) is 47.0 Å². The fourth-order valence-corrected chi connectivity index (χ4v) is 3.69. The van der Waals surface area contributed by atoms with Crippen LogP contribution in [0.5, 0.6) is 17.2 Å². The number of nitrogens with one attached hydrogen (secondary N) is 2. The predicted octanol–water partition coefficient (Wildman–Crippen LogP) is 2.72. The molecule has 0 atom stereocenters. The molecule has 0 fully saturated rings. The van der Waals surface area contributed by atoms with Crippen molar-refractivity contribution >= 4 is 33.4 Å². The maximum atomic E-state index is 12.4. The van der Waals surface area contributed by atoms with Crippen LogP contribution in [-0.2, 0) is 11.2 Å². The zero-order chi connectivity index (χ0) is 20.8. The van der Waals surface area contributed by atoms with Crippen molar-refractivity contribution in [2.45, 2.75) is 12.8 Å². The fourth-order valence-electron chi connectivity index (χ4n) is 2.72. The number of fused-ring (bicyclic) bond motifs is 1. The molecule has 0 aliphatic heterocycles. The maximum Gasteiger partial charge on any atom is 0.269 e. The smallest absolute Gasteiger partial charge is 0.269 e. The lowest BCUT2D eigenvalue weighted by molar-refractivity contribution is -0.121. The molecule has 2 N–H and O–H groups in total. The summed E-state index contributed by atoms with van der Waals surface area (Å²) in [6.07, 6.45) is 0.695. The van der Waals surface area contributed by atoms with Crippen molar-refractivity contribution in [1.29, 1.82) is 0 Å². The number of ether oxygens (including phenoxy) is 3. The molecule has 2 amide bonds. The summed E-state index contributed by atoms with van der Waals surface area (Å²) in [5.74, 6) is 0.257. The largest absolute Gasteiger partial charge is 0.493 e. The van der Waals surface area contributed by atoms with Gasteiger partial charge in [0.25, 0.3) is 5.91 Å². The Kier molecular flexibility index (Phi) is 6.50. The highest BCUT2D eigenvalue weighted by Gasteiger charge is 2.17. The van der Waals surface area contributed by atoms with Gasteiger partial charge in [-0.1, -0.05) is 12.1 Å². The molecule has 0 spiro atoms. The Labute approximate surface area is 171 Å². The molecule has 0 aliphatic rings. The van der Waals surface area contributed by atoms with Gasteiger partial charge in [-0.15, -0.1) is 11.3 Å². The van der Waals surface area contributed by atoms with Crippen molar-refractivity contribution in [2.24, 2.45) is 0 Å². The Bertz CT molecular complexity index is 976. The summed E-state index contributed by atoms with van der Waals surface area (Å²) in [6.45, 7) is 0. The highest BCUT2D eigenvalue weighted by Crippen LogP contribution is 2.38. The summed E-state index contributed by atoms with van der Waals surface area (Å²) in [4.78, 5) is 29.0. The summed E-state index contributed by atoms with van der Waals surface area (Å²) in [5.41, 5.74) is 5.98. The molecule has 0 bridgehead atoms. The average Bonchev–Trinajstić information content (AvgIpc) is 3.17. The summed E-state index contributed by atoms with van der Waals surface area (Å²) in [5, 5.41) is 0.873. The highest BCUT2D eigenvalue weighted by atomic mass is 32.1. The van der Waals surface area contributed by atoms with Gasteiger partial charge in [-0.3, -0.25) is 20.4 Å². The number of carbonyl (C=O) groups is 2. The van der Waals surface area contributed by atoms with E-state index in [-0.39, 0.29) is 17.9 Å². The molecule has 152 valence electrons. The van der Waals surface area contributed by atoms with Gasteiger partial charge in [0.1, 0.15) is 0 Å². The number of para-hydroxylation sites is 1. The van der Waals surface area contributed by atoms with E-state index < -0.39 is 5.91 Å². The number of carbonyl (C=O) groups excluding carboxylic acids is 2. The second kappa shape index (κ2) is 9.24. The van der Waals surface area contributed by atoms with E-state index in [0.29, 0.717) is 23.7 Å². The van der Waals surface area contributed by atoms with Gasteiger partial charge in [0.15, 0.2) is 11.5 Å². The van der Waals surface area contributed by atoms with Crippen LogP contribution in [0.4, 0.5) is 0 Å². The molecule has 29 heavy (non-hydrogen) atoms. The average molecular weight is 415 g/mol. The van der Waals surface area contributed by atoms with Gasteiger partial charge >= 0.3 is 0 Å². The molecule has 3 rings (SSSR count). The Morgan fingerprint density at radius 1 is 1.00 bits per heavy atom. The van der Waals surface area contributed by atoms with Gasteiger partial charge in [-0.05, 0) is 24.3 Å². The molecule has 1 heterocycles. The first-order valence-electron chi connectivity index (χ1n) is 8.79. The Balaban J connectivity index is 1.57. The van der Waals surface area contributed by atoms with Gasteiger partial charge in [-0.2, -0.15) is 0 Å². The van der Waals surface area contributed by atoms with Crippen LogP contribution in [-0.4, -0.2) is 38.1 Å². The molecule has 3 aromatic rings. The van der Waals surface area contributed by atoms with E-state index in [9.17, 15) is 9.59 Å². The fraction of sp³-hybridized carbons (Fsp3) is 0.250. The van der Waals surface area contributed by atoms with Crippen LogP contribution in [0.1, 0.15) is 21.8 Å². The standard InChI is InChI=1S/C20H21N3O5S/c1-26-14-10-12(11-15(27-2)19(14)28-3)20(25)23-22-17(24)8-9-18-21-13-6-4-5-7-16(13)29-18/h4-7,10-11H,8-9H2,1-3H3,(H,22,24)(H,23,25). The van der Waals surface area contributed by atoms with E-state index >= 15 is 0 Å². The number of thiazole rings is 1. The normalized spacial score (nSPS) is 10.4. The van der Waals surface area contributed by atoms with Gasteiger partial charge in [0, 0.05) is 18.4 Å². The lowest BCUT2D eigenvalue weighted by Crippen LogP contribution is -2.41. The Hall–Kier alpha value is -3.33. The molecule has 8 nitrogen and oxygen atoms in total. The van der Waals surface area contributed by atoms with Gasteiger partial charge in [0.2, 0.25) is 11.7 Å². The van der Waals surface area contributed by atoms with Crippen LogP contribution < -0.4 is 25.1 Å². The first-order chi connectivity index (χ1) is 14.0. The minimum absolute atomic E-state index is 0.204.